The number of hydrogen-bond donors (Lipinski definition) is 1. The molecular formula is C13H6Cl2F3I3N2O4. The Balaban J connectivity index is 3.40. The highest BCUT2D eigenvalue weighted by molar-refractivity contribution is 14.1. The zero-order chi connectivity index (χ0) is 21.3. The van der Waals surface area contributed by atoms with Crippen molar-refractivity contribution in [2.75, 3.05) is 18.5 Å². The second-order valence-electron chi connectivity index (χ2n) is 4.72. The number of amides is 2. The molecule has 1 aromatic rings. The minimum absolute atomic E-state index is 0.0517. The first-order chi connectivity index (χ1) is 12.2. The quantitative estimate of drug-likeness (QED) is 0.365. The van der Waals surface area contributed by atoms with Gasteiger partial charge in [0.1, 0.15) is 0 Å². The van der Waals surface area contributed by atoms with Gasteiger partial charge in [-0.1, -0.05) is 0 Å². The normalized spacial score (nSPS) is 11.1. The van der Waals surface area contributed by atoms with Gasteiger partial charge < -0.3 is 10.2 Å². The van der Waals surface area contributed by atoms with Crippen molar-refractivity contribution >= 4 is 119 Å². The Bertz CT molecular complexity index is 808. The summed E-state index contributed by atoms with van der Waals surface area (Å²) < 4.78 is 37.3. The maximum atomic E-state index is 12.2. The predicted molar refractivity (Wildman–Crippen MR) is 117 cm³/mol. The van der Waals surface area contributed by atoms with E-state index in [1.165, 1.54) is 12.4 Å². The topological polar surface area (TPSA) is 83.6 Å². The van der Waals surface area contributed by atoms with E-state index >= 15 is 0 Å². The van der Waals surface area contributed by atoms with Crippen LogP contribution in [0.1, 0.15) is 20.7 Å². The molecule has 2 amide bonds. The van der Waals surface area contributed by atoms with Crippen LogP contribution in [-0.2, 0) is 9.59 Å². The van der Waals surface area contributed by atoms with Gasteiger partial charge in [0.25, 0.3) is 10.5 Å². The van der Waals surface area contributed by atoms with Gasteiger partial charge in [0.15, 0.2) is 0 Å². The molecule has 0 radical (unpaired) electrons. The zero-order valence-corrected chi connectivity index (χ0v) is 20.8. The fraction of sp³-hybridized carbons (Fsp3) is 0.231. The SMILES string of the molecule is CN(C(=O)CNC(=O)C(F)(F)F)c1c(I)c(C(=O)Cl)c(I)c(C(=O)Cl)c1I. The van der Waals surface area contributed by atoms with E-state index < -0.39 is 35.0 Å². The number of nitrogens with one attached hydrogen (secondary N) is 1. The molecule has 27 heavy (non-hydrogen) atoms. The molecule has 1 rings (SSSR count). The lowest BCUT2D eigenvalue weighted by atomic mass is 10.1. The molecule has 1 aromatic carbocycles. The second-order valence-corrected chi connectivity index (χ2v) is 8.64. The maximum Gasteiger partial charge on any atom is 0.471 e. The monoisotopic (exact) mass is 762 g/mol. The second kappa shape index (κ2) is 9.71. The summed E-state index contributed by atoms with van der Waals surface area (Å²) >= 11 is 16.3. The van der Waals surface area contributed by atoms with Crippen LogP contribution in [0.15, 0.2) is 0 Å². The molecular weight excluding hydrogens is 757 g/mol. The summed E-state index contributed by atoms with van der Waals surface area (Å²) in [5.41, 5.74) is -0.0941. The van der Waals surface area contributed by atoms with Crippen LogP contribution in [0.25, 0.3) is 0 Å². The van der Waals surface area contributed by atoms with Gasteiger partial charge in [-0.2, -0.15) is 13.2 Å². The number of nitrogens with zero attached hydrogens (tertiary/aromatic N) is 1. The molecule has 14 heteroatoms. The lowest BCUT2D eigenvalue weighted by Gasteiger charge is -2.24. The average Bonchev–Trinajstić information content (AvgIpc) is 2.49. The molecule has 0 aliphatic carbocycles. The van der Waals surface area contributed by atoms with E-state index in [-0.39, 0.29) is 27.5 Å². The highest BCUT2D eigenvalue weighted by atomic mass is 127. The van der Waals surface area contributed by atoms with Crippen molar-refractivity contribution in [2.24, 2.45) is 0 Å². The van der Waals surface area contributed by atoms with Crippen LogP contribution in [0.2, 0.25) is 0 Å². The van der Waals surface area contributed by atoms with Crippen molar-refractivity contribution in [3.8, 4) is 0 Å². The summed E-state index contributed by atoms with van der Waals surface area (Å²) in [6, 6.07) is 0. The summed E-state index contributed by atoms with van der Waals surface area (Å²) in [5.74, 6) is -3.20. The molecule has 0 saturated heterocycles. The predicted octanol–water partition coefficient (Wildman–Crippen LogP) is 3.90. The Morgan fingerprint density at radius 1 is 0.963 bits per heavy atom. The summed E-state index contributed by atoms with van der Waals surface area (Å²) in [7, 11) is 1.21. The Hall–Kier alpha value is 0.0600. The van der Waals surface area contributed by atoms with Gasteiger partial charge in [0.05, 0.1) is 30.5 Å². The minimum atomic E-state index is -5.14. The molecule has 0 aliphatic rings. The van der Waals surface area contributed by atoms with E-state index in [4.69, 9.17) is 23.2 Å². The number of halogens is 8. The first-order valence-electron chi connectivity index (χ1n) is 6.43. The Morgan fingerprint density at radius 2 is 1.37 bits per heavy atom. The van der Waals surface area contributed by atoms with Gasteiger partial charge in [-0.25, -0.2) is 0 Å². The van der Waals surface area contributed by atoms with Crippen molar-refractivity contribution in [3.05, 3.63) is 21.8 Å². The Morgan fingerprint density at radius 3 is 1.70 bits per heavy atom. The summed E-state index contributed by atoms with van der Waals surface area (Å²) in [5, 5.41) is -0.370. The fourth-order valence-corrected chi connectivity index (χ4v) is 7.68. The molecule has 0 bridgehead atoms. The molecule has 148 valence electrons. The van der Waals surface area contributed by atoms with Crippen molar-refractivity contribution < 1.29 is 32.3 Å². The zero-order valence-electron chi connectivity index (χ0n) is 12.8. The summed E-state index contributed by atoms with van der Waals surface area (Å²) in [6.45, 7) is -0.957. The van der Waals surface area contributed by atoms with Crippen molar-refractivity contribution in [1.82, 2.24) is 5.32 Å². The standard InChI is InChI=1S/C13H6Cl2F3I3N2O4/c1-23(3(24)2-22-12(27)13(16,17)18)9-7(20)4(10(14)25)6(19)5(8(9)21)11(15)26/h2H2,1H3,(H,22,27). The third-order valence-corrected chi connectivity index (χ3v) is 6.61. The average molecular weight is 763 g/mol. The molecule has 0 unspecified atom stereocenters. The van der Waals surface area contributed by atoms with Crippen LogP contribution in [-0.4, -0.2) is 42.1 Å². The number of alkyl halides is 3. The van der Waals surface area contributed by atoms with Crippen LogP contribution >= 0.6 is 91.0 Å². The van der Waals surface area contributed by atoms with Crippen molar-refractivity contribution in [1.29, 1.82) is 0 Å². The highest BCUT2D eigenvalue weighted by Gasteiger charge is 2.39. The fourth-order valence-electron chi connectivity index (χ4n) is 1.79. The van der Waals surface area contributed by atoms with E-state index in [9.17, 15) is 32.3 Å². The van der Waals surface area contributed by atoms with E-state index in [0.717, 1.165) is 4.90 Å². The Labute approximate surface area is 201 Å². The number of likely N-dealkylation sites (N-methyl/N-ethyl adjacent to an activating group) is 1. The molecule has 0 aliphatic heterocycles. The van der Waals surface area contributed by atoms with Crippen LogP contribution < -0.4 is 10.2 Å². The van der Waals surface area contributed by atoms with Gasteiger partial charge >= 0.3 is 12.1 Å². The number of rotatable bonds is 5. The van der Waals surface area contributed by atoms with Gasteiger partial charge in [-0.15, -0.1) is 0 Å². The van der Waals surface area contributed by atoms with Crippen molar-refractivity contribution in [3.63, 3.8) is 0 Å². The lowest BCUT2D eigenvalue weighted by molar-refractivity contribution is -0.173. The lowest BCUT2D eigenvalue weighted by Crippen LogP contribution is -2.44. The first kappa shape index (κ1) is 25.1. The van der Waals surface area contributed by atoms with Crippen LogP contribution in [0.3, 0.4) is 0 Å². The van der Waals surface area contributed by atoms with Crippen molar-refractivity contribution in [2.45, 2.75) is 6.18 Å². The molecule has 0 atom stereocenters. The molecule has 0 aromatic heterocycles. The van der Waals surface area contributed by atoms with Crippen LogP contribution in [0.5, 0.6) is 0 Å². The molecule has 6 nitrogen and oxygen atoms in total. The molecule has 1 N–H and O–H groups in total. The molecule has 0 heterocycles. The largest absolute Gasteiger partial charge is 0.471 e. The number of carbonyl (C=O) groups excluding carboxylic acids is 4. The highest BCUT2D eigenvalue weighted by Crippen LogP contribution is 2.38. The number of hydrogen-bond acceptors (Lipinski definition) is 4. The third-order valence-electron chi connectivity index (χ3n) is 3.05. The first-order valence-corrected chi connectivity index (χ1v) is 10.4. The van der Waals surface area contributed by atoms with Gasteiger partial charge in [-0.05, 0) is 91.0 Å². The Kier molecular flexibility index (Phi) is 9.02. The number of carbonyl (C=O) groups is 4. The molecule has 0 saturated carbocycles. The number of anilines is 1. The minimum Gasteiger partial charge on any atom is -0.339 e. The van der Waals surface area contributed by atoms with Gasteiger partial charge in [0.2, 0.25) is 5.91 Å². The third kappa shape index (κ3) is 5.79. The van der Waals surface area contributed by atoms with Crippen LogP contribution in [0, 0.1) is 10.7 Å². The molecule has 0 fully saturated rings. The van der Waals surface area contributed by atoms with E-state index in [0.29, 0.717) is 0 Å². The molecule has 0 spiro atoms. The van der Waals surface area contributed by atoms with E-state index in [1.54, 1.807) is 67.8 Å². The van der Waals surface area contributed by atoms with Gasteiger partial charge in [0, 0.05) is 10.6 Å². The van der Waals surface area contributed by atoms with Crippen LogP contribution in [0.4, 0.5) is 18.9 Å². The van der Waals surface area contributed by atoms with E-state index in [2.05, 4.69) is 0 Å². The maximum absolute atomic E-state index is 12.2. The summed E-state index contributed by atoms with van der Waals surface area (Å²) in [4.78, 5) is 47.5. The summed E-state index contributed by atoms with van der Waals surface area (Å²) in [6.07, 6.45) is -5.14. The smallest absolute Gasteiger partial charge is 0.339 e. The van der Waals surface area contributed by atoms with E-state index in [1.807, 2.05) is 0 Å². The van der Waals surface area contributed by atoms with Gasteiger partial charge in [-0.3, -0.25) is 19.2 Å². The number of benzene rings is 1.